The fourth-order valence-corrected chi connectivity index (χ4v) is 1.97. The molecule has 4 heteroatoms. The van der Waals surface area contributed by atoms with Crippen molar-refractivity contribution in [3.63, 3.8) is 0 Å². The Labute approximate surface area is 89.5 Å². The Morgan fingerprint density at radius 2 is 2.36 bits per heavy atom. The second kappa shape index (κ2) is 3.53. The molecule has 0 saturated heterocycles. The minimum absolute atomic E-state index is 0.0358. The number of hydrogen-bond acceptors (Lipinski definition) is 2. The van der Waals surface area contributed by atoms with Gasteiger partial charge in [0.25, 0.3) is 5.56 Å². The molecule has 0 N–H and O–H groups in total. The monoisotopic (exact) mass is 252 g/mol. The maximum Gasteiger partial charge on any atom is 0.277 e. The summed E-state index contributed by atoms with van der Waals surface area (Å²) in [6, 6.07) is 3.70. The van der Waals surface area contributed by atoms with Gasteiger partial charge in [-0.1, -0.05) is 0 Å². The first kappa shape index (κ1) is 9.40. The van der Waals surface area contributed by atoms with E-state index in [0.29, 0.717) is 12.1 Å². The van der Waals surface area contributed by atoms with E-state index in [-0.39, 0.29) is 5.56 Å². The molecule has 0 spiro atoms. The van der Waals surface area contributed by atoms with Crippen molar-refractivity contribution in [3.05, 3.63) is 39.4 Å². The first-order chi connectivity index (χ1) is 6.74. The number of fused-ring (bicyclic) bond motifs is 1. The second-order valence-electron chi connectivity index (χ2n) is 2.97. The Balaban J connectivity index is 2.95. The van der Waals surface area contributed by atoms with E-state index in [4.69, 9.17) is 0 Å². The lowest BCUT2D eigenvalue weighted by Gasteiger charge is -2.05. The second-order valence-corrected chi connectivity index (χ2v) is 3.82. The summed E-state index contributed by atoms with van der Waals surface area (Å²) in [6.45, 7) is 2.59. The topological polar surface area (TPSA) is 34.9 Å². The van der Waals surface area contributed by atoms with Crippen LogP contribution in [-0.4, -0.2) is 9.55 Å². The number of hydrogen-bond donors (Lipinski definition) is 0. The van der Waals surface area contributed by atoms with Crippen LogP contribution in [0.5, 0.6) is 0 Å². The number of nitrogens with zero attached hydrogens (tertiary/aromatic N) is 2. The first-order valence-corrected chi connectivity index (χ1v) is 5.17. The Bertz CT molecular complexity index is 533. The molecular formula is C10H9BrN2O. The van der Waals surface area contributed by atoms with E-state index in [1.54, 1.807) is 17.0 Å². The number of halogens is 1. The lowest BCUT2D eigenvalue weighted by Crippen LogP contribution is -2.19. The number of pyridine rings is 2. The summed E-state index contributed by atoms with van der Waals surface area (Å²) in [4.78, 5) is 15.9. The van der Waals surface area contributed by atoms with Crippen LogP contribution < -0.4 is 5.56 Å². The molecule has 72 valence electrons. The zero-order chi connectivity index (χ0) is 10.1. The molecule has 3 nitrogen and oxygen atoms in total. The fourth-order valence-electron chi connectivity index (χ4n) is 1.40. The fraction of sp³-hybridized carbons (Fsp3) is 0.200. The molecule has 2 aromatic heterocycles. The highest BCUT2D eigenvalue weighted by atomic mass is 79.9. The third kappa shape index (κ3) is 1.35. The Morgan fingerprint density at radius 1 is 1.57 bits per heavy atom. The molecule has 0 unspecified atom stereocenters. The first-order valence-electron chi connectivity index (χ1n) is 4.37. The van der Waals surface area contributed by atoms with Crippen molar-refractivity contribution in [2.45, 2.75) is 13.5 Å². The minimum Gasteiger partial charge on any atom is -0.313 e. The molecule has 0 radical (unpaired) electrons. The van der Waals surface area contributed by atoms with Gasteiger partial charge >= 0.3 is 0 Å². The molecule has 0 aromatic carbocycles. The average molecular weight is 253 g/mol. The van der Waals surface area contributed by atoms with Gasteiger partial charge < -0.3 is 4.57 Å². The highest BCUT2D eigenvalue weighted by Gasteiger charge is 2.05. The summed E-state index contributed by atoms with van der Waals surface area (Å²) in [6.07, 6.45) is 3.43. The van der Waals surface area contributed by atoms with Crippen LogP contribution in [0, 0.1) is 0 Å². The largest absolute Gasteiger partial charge is 0.313 e. The number of rotatable bonds is 1. The van der Waals surface area contributed by atoms with E-state index in [1.165, 1.54) is 0 Å². The zero-order valence-electron chi connectivity index (χ0n) is 7.70. The van der Waals surface area contributed by atoms with Gasteiger partial charge in [0, 0.05) is 28.8 Å². The van der Waals surface area contributed by atoms with Crippen molar-refractivity contribution < 1.29 is 0 Å². The molecule has 2 rings (SSSR count). The van der Waals surface area contributed by atoms with Gasteiger partial charge in [-0.15, -0.1) is 0 Å². The van der Waals surface area contributed by atoms with Crippen LogP contribution in [0.3, 0.4) is 0 Å². The summed E-state index contributed by atoms with van der Waals surface area (Å²) in [5.74, 6) is 0. The van der Waals surface area contributed by atoms with Crippen molar-refractivity contribution in [2.24, 2.45) is 0 Å². The molecule has 0 aliphatic rings. The molecule has 0 aliphatic carbocycles. The quantitative estimate of drug-likeness (QED) is 0.780. The maximum atomic E-state index is 11.8. The SMILES string of the molecule is CCn1cc(Br)c2cccnc2c1=O. The summed E-state index contributed by atoms with van der Waals surface area (Å²) < 4.78 is 2.54. The predicted octanol–water partition coefficient (Wildman–Crippen LogP) is 2.18. The average Bonchev–Trinajstić information content (AvgIpc) is 2.23. The number of aromatic nitrogens is 2. The Kier molecular flexibility index (Phi) is 2.37. The Hall–Kier alpha value is -1.16. The lowest BCUT2D eigenvalue weighted by molar-refractivity contribution is 0.730. The van der Waals surface area contributed by atoms with E-state index in [2.05, 4.69) is 20.9 Å². The molecule has 0 bridgehead atoms. The van der Waals surface area contributed by atoms with E-state index < -0.39 is 0 Å². The van der Waals surface area contributed by atoms with Crippen LogP contribution in [0.15, 0.2) is 33.8 Å². The molecule has 0 saturated carbocycles. The van der Waals surface area contributed by atoms with Crippen molar-refractivity contribution >= 4 is 26.8 Å². The van der Waals surface area contributed by atoms with Crippen molar-refractivity contribution in [2.75, 3.05) is 0 Å². The molecule has 0 fully saturated rings. The van der Waals surface area contributed by atoms with Gasteiger partial charge in [-0.05, 0) is 35.0 Å². The molecule has 0 atom stereocenters. The van der Waals surface area contributed by atoms with Crippen LogP contribution in [0.4, 0.5) is 0 Å². The van der Waals surface area contributed by atoms with Crippen LogP contribution in [-0.2, 0) is 6.54 Å². The van der Waals surface area contributed by atoms with Gasteiger partial charge in [-0.25, -0.2) is 0 Å². The lowest BCUT2D eigenvalue weighted by atomic mass is 10.2. The highest BCUT2D eigenvalue weighted by Crippen LogP contribution is 2.18. The van der Waals surface area contributed by atoms with Gasteiger partial charge in [0.2, 0.25) is 0 Å². The van der Waals surface area contributed by atoms with Gasteiger partial charge in [-0.3, -0.25) is 9.78 Å². The molecule has 0 amide bonds. The van der Waals surface area contributed by atoms with Crippen LogP contribution in [0.25, 0.3) is 10.9 Å². The number of aryl methyl sites for hydroxylation is 1. The zero-order valence-corrected chi connectivity index (χ0v) is 9.28. The minimum atomic E-state index is -0.0358. The summed E-state index contributed by atoms with van der Waals surface area (Å²) in [7, 11) is 0. The Morgan fingerprint density at radius 3 is 3.07 bits per heavy atom. The van der Waals surface area contributed by atoms with Gasteiger partial charge in [0.05, 0.1) is 0 Å². The molecule has 0 aliphatic heterocycles. The maximum absolute atomic E-state index is 11.8. The van der Waals surface area contributed by atoms with Gasteiger partial charge in [0.15, 0.2) is 0 Å². The molecular weight excluding hydrogens is 244 g/mol. The standard InChI is InChI=1S/C10H9BrN2O/c1-2-13-6-8(11)7-4-3-5-12-9(7)10(13)14/h3-6H,2H2,1H3. The van der Waals surface area contributed by atoms with E-state index >= 15 is 0 Å². The highest BCUT2D eigenvalue weighted by molar-refractivity contribution is 9.10. The van der Waals surface area contributed by atoms with E-state index in [1.807, 2.05) is 19.1 Å². The predicted molar refractivity (Wildman–Crippen MR) is 59.4 cm³/mol. The third-order valence-corrected chi connectivity index (χ3v) is 2.77. The van der Waals surface area contributed by atoms with Gasteiger partial charge in [-0.2, -0.15) is 0 Å². The molecule has 2 heterocycles. The van der Waals surface area contributed by atoms with Crippen molar-refractivity contribution in [3.8, 4) is 0 Å². The summed E-state index contributed by atoms with van der Waals surface area (Å²) >= 11 is 3.42. The van der Waals surface area contributed by atoms with Gasteiger partial charge in [0.1, 0.15) is 5.52 Å². The third-order valence-electron chi connectivity index (χ3n) is 2.14. The molecule has 14 heavy (non-hydrogen) atoms. The van der Waals surface area contributed by atoms with Crippen LogP contribution in [0.2, 0.25) is 0 Å². The van der Waals surface area contributed by atoms with Crippen LogP contribution in [0.1, 0.15) is 6.92 Å². The summed E-state index contributed by atoms with van der Waals surface area (Å²) in [5, 5.41) is 0.863. The normalized spacial score (nSPS) is 10.7. The van der Waals surface area contributed by atoms with Crippen molar-refractivity contribution in [1.82, 2.24) is 9.55 Å². The molecule has 2 aromatic rings. The van der Waals surface area contributed by atoms with Crippen molar-refractivity contribution in [1.29, 1.82) is 0 Å². The van der Waals surface area contributed by atoms with E-state index in [9.17, 15) is 4.79 Å². The smallest absolute Gasteiger partial charge is 0.277 e. The van der Waals surface area contributed by atoms with Crippen LogP contribution >= 0.6 is 15.9 Å². The van der Waals surface area contributed by atoms with E-state index in [0.717, 1.165) is 9.86 Å². The summed E-state index contributed by atoms with van der Waals surface area (Å²) in [5.41, 5.74) is 0.482.